The molecule has 0 saturated heterocycles. The maximum absolute atomic E-state index is 10.8. The Hall–Kier alpha value is -2.78. The summed E-state index contributed by atoms with van der Waals surface area (Å²) in [6.07, 6.45) is 2.13. The fraction of sp³-hybridized carbons (Fsp3) is 0.0714. The van der Waals surface area contributed by atoms with E-state index in [1.807, 2.05) is 12.1 Å². The first-order valence-electron chi connectivity index (χ1n) is 5.67. The molecule has 5 nitrogen and oxygen atoms in total. The number of fused-ring (bicyclic) bond motifs is 3. The fourth-order valence-electron chi connectivity index (χ4n) is 2.42. The van der Waals surface area contributed by atoms with Gasteiger partial charge in [-0.3, -0.25) is 10.1 Å². The molecule has 0 spiro atoms. The lowest BCUT2D eigenvalue weighted by Gasteiger charge is -2.00. The predicted molar refractivity (Wildman–Crippen MR) is 69.1 cm³/mol. The van der Waals surface area contributed by atoms with Gasteiger partial charge in [-0.1, -0.05) is 6.07 Å². The second-order valence-electron chi connectivity index (χ2n) is 4.32. The summed E-state index contributed by atoms with van der Waals surface area (Å²) in [5, 5.41) is 10.8. The molecular weight excluding hydrogens is 244 g/mol. The van der Waals surface area contributed by atoms with E-state index in [0.717, 1.165) is 22.3 Å². The zero-order valence-electron chi connectivity index (χ0n) is 9.79. The van der Waals surface area contributed by atoms with E-state index in [1.165, 1.54) is 12.1 Å². The Balaban J connectivity index is 2.10. The van der Waals surface area contributed by atoms with Crippen LogP contribution in [0.3, 0.4) is 0 Å². The Morgan fingerprint density at radius 3 is 2.47 bits per heavy atom. The zero-order valence-corrected chi connectivity index (χ0v) is 9.79. The van der Waals surface area contributed by atoms with Crippen molar-refractivity contribution < 1.29 is 9.72 Å². The molecule has 0 saturated carbocycles. The van der Waals surface area contributed by atoms with E-state index in [-0.39, 0.29) is 5.69 Å². The summed E-state index contributed by atoms with van der Waals surface area (Å²) in [6, 6.07) is 10.3. The number of carbonyl (C=O) groups excluding carboxylic acids is 1. The first-order chi connectivity index (χ1) is 9.19. The minimum atomic E-state index is -0.397. The van der Waals surface area contributed by atoms with Crippen molar-refractivity contribution >= 4 is 17.5 Å². The van der Waals surface area contributed by atoms with Crippen LogP contribution in [0, 0.1) is 10.1 Å². The number of aliphatic imine (C=N–C) groups is 1. The molecule has 0 amide bonds. The third-order valence-corrected chi connectivity index (χ3v) is 3.23. The summed E-state index contributed by atoms with van der Waals surface area (Å²) in [6.45, 7) is 0. The molecular formula is C14H8N2O3. The van der Waals surface area contributed by atoms with Gasteiger partial charge < -0.3 is 0 Å². The van der Waals surface area contributed by atoms with Crippen molar-refractivity contribution in [1.29, 1.82) is 0 Å². The summed E-state index contributed by atoms with van der Waals surface area (Å²) in [4.78, 5) is 24.2. The van der Waals surface area contributed by atoms with Crippen LogP contribution in [-0.2, 0) is 11.2 Å². The molecule has 0 N–H and O–H groups in total. The average molecular weight is 252 g/mol. The van der Waals surface area contributed by atoms with Crippen LogP contribution in [0.2, 0.25) is 0 Å². The van der Waals surface area contributed by atoms with Crippen molar-refractivity contribution in [2.24, 2.45) is 4.99 Å². The zero-order chi connectivity index (χ0) is 13.4. The Kier molecular flexibility index (Phi) is 2.47. The first-order valence-corrected chi connectivity index (χ1v) is 5.67. The summed E-state index contributed by atoms with van der Waals surface area (Å²) in [5.41, 5.74) is 4.63. The number of nitrogens with zero attached hydrogens (tertiary/aromatic N) is 2. The van der Waals surface area contributed by atoms with Gasteiger partial charge in [0.05, 0.1) is 10.6 Å². The van der Waals surface area contributed by atoms with Crippen LogP contribution in [0.15, 0.2) is 41.4 Å². The maximum atomic E-state index is 10.8. The van der Waals surface area contributed by atoms with Crippen LogP contribution >= 0.6 is 0 Å². The molecule has 19 heavy (non-hydrogen) atoms. The second-order valence-corrected chi connectivity index (χ2v) is 4.32. The topological polar surface area (TPSA) is 72.6 Å². The molecule has 0 bridgehead atoms. The maximum Gasteiger partial charge on any atom is 0.269 e. The van der Waals surface area contributed by atoms with Gasteiger partial charge in [-0.05, 0) is 46.9 Å². The van der Waals surface area contributed by atoms with Crippen molar-refractivity contribution in [1.82, 2.24) is 0 Å². The quantitative estimate of drug-likeness (QED) is 0.304. The SMILES string of the molecule is O=C=Nc1ccc2c(c1)Cc1cc([N+](=O)[O-])ccc1-2. The second kappa shape index (κ2) is 4.15. The number of benzene rings is 2. The molecule has 0 fully saturated rings. The van der Waals surface area contributed by atoms with Crippen molar-refractivity contribution in [2.45, 2.75) is 6.42 Å². The molecule has 92 valence electrons. The van der Waals surface area contributed by atoms with E-state index in [2.05, 4.69) is 4.99 Å². The van der Waals surface area contributed by atoms with Gasteiger partial charge in [-0.15, -0.1) is 0 Å². The Labute approximate surface area is 108 Å². The van der Waals surface area contributed by atoms with E-state index in [0.29, 0.717) is 12.1 Å². The first kappa shape index (κ1) is 11.3. The van der Waals surface area contributed by atoms with E-state index >= 15 is 0 Å². The van der Waals surface area contributed by atoms with Crippen LogP contribution in [0.1, 0.15) is 11.1 Å². The molecule has 1 aliphatic carbocycles. The van der Waals surface area contributed by atoms with Crippen LogP contribution in [0.4, 0.5) is 11.4 Å². The number of nitro benzene ring substituents is 1. The summed E-state index contributed by atoms with van der Waals surface area (Å²) in [7, 11) is 0. The average Bonchev–Trinajstić information content (AvgIpc) is 2.75. The third-order valence-electron chi connectivity index (χ3n) is 3.23. The number of non-ortho nitro benzene ring substituents is 1. The Morgan fingerprint density at radius 2 is 1.79 bits per heavy atom. The third kappa shape index (κ3) is 1.82. The highest BCUT2D eigenvalue weighted by molar-refractivity contribution is 5.79. The Morgan fingerprint density at radius 1 is 1.11 bits per heavy atom. The van der Waals surface area contributed by atoms with Crippen LogP contribution in [0.25, 0.3) is 11.1 Å². The number of nitro groups is 1. The van der Waals surface area contributed by atoms with Gasteiger partial charge in [0.1, 0.15) is 0 Å². The van der Waals surface area contributed by atoms with E-state index < -0.39 is 4.92 Å². The van der Waals surface area contributed by atoms with Crippen LogP contribution in [-0.4, -0.2) is 11.0 Å². The number of isocyanates is 1. The highest BCUT2D eigenvalue weighted by Crippen LogP contribution is 2.39. The predicted octanol–water partition coefficient (Wildman–Crippen LogP) is 3.13. The normalized spacial score (nSPS) is 11.4. The molecule has 0 aliphatic heterocycles. The molecule has 2 aromatic rings. The molecule has 0 heterocycles. The number of rotatable bonds is 2. The minimum Gasteiger partial charge on any atom is -0.258 e. The summed E-state index contributed by atoms with van der Waals surface area (Å²) < 4.78 is 0. The lowest BCUT2D eigenvalue weighted by atomic mass is 10.1. The fourth-order valence-corrected chi connectivity index (χ4v) is 2.42. The lowest BCUT2D eigenvalue weighted by Crippen LogP contribution is -1.89. The molecule has 0 aromatic heterocycles. The van der Waals surface area contributed by atoms with Gasteiger partial charge in [0.2, 0.25) is 6.08 Å². The van der Waals surface area contributed by atoms with Crippen molar-refractivity contribution in [3.05, 3.63) is 57.6 Å². The van der Waals surface area contributed by atoms with Crippen LogP contribution < -0.4 is 0 Å². The monoisotopic (exact) mass is 252 g/mol. The largest absolute Gasteiger partial charge is 0.269 e. The van der Waals surface area contributed by atoms with Gasteiger partial charge in [0.15, 0.2) is 0 Å². The van der Waals surface area contributed by atoms with Crippen LogP contribution in [0.5, 0.6) is 0 Å². The van der Waals surface area contributed by atoms with Gasteiger partial charge in [-0.2, -0.15) is 4.99 Å². The smallest absolute Gasteiger partial charge is 0.258 e. The summed E-state index contributed by atoms with van der Waals surface area (Å²) >= 11 is 0. The summed E-state index contributed by atoms with van der Waals surface area (Å²) in [5.74, 6) is 0. The Bertz CT molecular complexity index is 697. The standard InChI is InChI=1S/C14H8N2O3/c17-8-15-11-1-3-13-9(6-11)5-10-7-12(16(18)19)2-4-14(10)13/h1-4,6-7H,5H2. The number of hydrogen-bond donors (Lipinski definition) is 0. The van der Waals surface area contributed by atoms with Gasteiger partial charge in [0.25, 0.3) is 5.69 Å². The molecule has 2 aromatic carbocycles. The van der Waals surface area contributed by atoms with E-state index in [1.54, 1.807) is 18.2 Å². The lowest BCUT2D eigenvalue weighted by molar-refractivity contribution is -0.384. The molecule has 0 atom stereocenters. The molecule has 1 aliphatic rings. The number of hydrogen-bond acceptors (Lipinski definition) is 4. The molecule has 5 heteroatoms. The van der Waals surface area contributed by atoms with Crippen molar-refractivity contribution in [3.8, 4) is 11.1 Å². The van der Waals surface area contributed by atoms with Crippen molar-refractivity contribution in [3.63, 3.8) is 0 Å². The van der Waals surface area contributed by atoms with E-state index in [9.17, 15) is 14.9 Å². The van der Waals surface area contributed by atoms with Gasteiger partial charge in [0, 0.05) is 12.1 Å². The van der Waals surface area contributed by atoms with Gasteiger partial charge >= 0.3 is 0 Å². The molecule has 0 radical (unpaired) electrons. The highest BCUT2D eigenvalue weighted by Gasteiger charge is 2.21. The molecule has 0 unspecified atom stereocenters. The van der Waals surface area contributed by atoms with Crippen molar-refractivity contribution in [2.75, 3.05) is 0 Å². The molecule has 3 rings (SSSR count). The van der Waals surface area contributed by atoms with E-state index in [4.69, 9.17) is 0 Å². The highest BCUT2D eigenvalue weighted by atomic mass is 16.6. The van der Waals surface area contributed by atoms with Gasteiger partial charge in [-0.25, -0.2) is 4.79 Å². The minimum absolute atomic E-state index is 0.0951.